The van der Waals surface area contributed by atoms with Crippen LogP contribution in [0.5, 0.6) is 0 Å². The zero-order chi connectivity index (χ0) is 26.1. The van der Waals surface area contributed by atoms with Crippen molar-refractivity contribution in [2.75, 3.05) is 11.9 Å². The van der Waals surface area contributed by atoms with Crippen LogP contribution < -0.4 is 10.9 Å². The maximum absolute atomic E-state index is 13.3. The van der Waals surface area contributed by atoms with E-state index < -0.39 is 11.9 Å². The van der Waals surface area contributed by atoms with Crippen molar-refractivity contribution in [1.82, 2.24) is 14.5 Å². The van der Waals surface area contributed by atoms with E-state index in [0.717, 1.165) is 15.8 Å². The third-order valence-electron chi connectivity index (χ3n) is 5.91. The number of aromatic nitrogens is 3. The predicted octanol–water partition coefficient (Wildman–Crippen LogP) is 5.67. The van der Waals surface area contributed by atoms with Crippen molar-refractivity contribution >= 4 is 60.1 Å². The minimum Gasteiger partial charge on any atom is -0.462 e. The van der Waals surface area contributed by atoms with E-state index in [9.17, 15) is 14.4 Å². The number of nitrogens with zero attached hydrogens (tertiary/aromatic N) is 3. The summed E-state index contributed by atoms with van der Waals surface area (Å²) in [5.41, 5.74) is 3.78. The van der Waals surface area contributed by atoms with Gasteiger partial charge in [-0.1, -0.05) is 49.4 Å². The largest absolute Gasteiger partial charge is 0.462 e. The van der Waals surface area contributed by atoms with Gasteiger partial charge in [0.15, 0.2) is 5.13 Å². The Morgan fingerprint density at radius 1 is 1.14 bits per heavy atom. The summed E-state index contributed by atoms with van der Waals surface area (Å²) >= 11 is 2.65. The van der Waals surface area contributed by atoms with Gasteiger partial charge < -0.3 is 10.1 Å². The average Bonchev–Trinajstić information content (AvgIpc) is 3.49. The number of nitrogens with one attached hydrogen (secondary N) is 1. The van der Waals surface area contributed by atoms with Crippen LogP contribution in [0.25, 0.3) is 31.6 Å². The van der Waals surface area contributed by atoms with E-state index in [0.29, 0.717) is 32.3 Å². The molecule has 1 N–H and O–H groups in total. The highest BCUT2D eigenvalue weighted by atomic mass is 32.1. The van der Waals surface area contributed by atoms with Crippen molar-refractivity contribution in [3.8, 4) is 11.1 Å². The Morgan fingerprint density at radius 3 is 2.65 bits per heavy atom. The lowest BCUT2D eigenvalue weighted by Crippen LogP contribution is -2.27. The van der Waals surface area contributed by atoms with Gasteiger partial charge in [-0.3, -0.25) is 14.2 Å². The molecule has 0 saturated carbocycles. The van der Waals surface area contributed by atoms with Gasteiger partial charge in [-0.2, -0.15) is 0 Å². The van der Waals surface area contributed by atoms with Crippen molar-refractivity contribution in [2.24, 2.45) is 0 Å². The molecule has 0 aliphatic heterocycles. The SMILES string of the molecule is CCOC(=O)c1ccc2nc(NC(=O)Cn3cnc4scc(-c5ccc(C(C)C)cc5)c4c3=O)sc2c1. The topological polar surface area (TPSA) is 103 Å². The number of carbonyl (C=O) groups excluding carboxylic acids is 2. The number of esters is 1. The summed E-state index contributed by atoms with van der Waals surface area (Å²) in [6.07, 6.45) is 1.40. The first kappa shape index (κ1) is 24.8. The van der Waals surface area contributed by atoms with Crippen LogP contribution in [-0.2, 0) is 16.1 Å². The summed E-state index contributed by atoms with van der Waals surface area (Å²) in [6.45, 7) is 6.11. The number of hydrogen-bond donors (Lipinski definition) is 1. The number of fused-ring (bicyclic) bond motifs is 2. The molecule has 37 heavy (non-hydrogen) atoms. The summed E-state index contributed by atoms with van der Waals surface area (Å²) in [5, 5.41) is 5.57. The molecule has 10 heteroatoms. The van der Waals surface area contributed by atoms with Gasteiger partial charge in [0.1, 0.15) is 11.4 Å². The zero-order valence-electron chi connectivity index (χ0n) is 20.5. The minimum atomic E-state index is -0.408. The van der Waals surface area contributed by atoms with E-state index in [1.165, 1.54) is 39.1 Å². The molecular weight excluding hydrogens is 508 g/mol. The smallest absolute Gasteiger partial charge is 0.338 e. The van der Waals surface area contributed by atoms with Gasteiger partial charge in [0.05, 0.1) is 34.1 Å². The normalized spacial score (nSPS) is 11.4. The molecule has 0 saturated heterocycles. The molecule has 3 aromatic heterocycles. The number of anilines is 1. The number of thiophene rings is 1. The van der Waals surface area contributed by atoms with Gasteiger partial charge in [-0.05, 0) is 42.2 Å². The molecule has 0 bridgehead atoms. The van der Waals surface area contributed by atoms with E-state index in [4.69, 9.17) is 4.74 Å². The average molecular weight is 533 g/mol. The summed E-state index contributed by atoms with van der Waals surface area (Å²) in [4.78, 5) is 47.6. The van der Waals surface area contributed by atoms with Crippen molar-refractivity contribution < 1.29 is 14.3 Å². The van der Waals surface area contributed by atoms with Crippen LogP contribution in [-0.4, -0.2) is 33.0 Å². The third-order valence-corrected chi connectivity index (χ3v) is 7.73. The Balaban J connectivity index is 1.37. The quantitative estimate of drug-likeness (QED) is 0.271. The fourth-order valence-corrected chi connectivity index (χ4v) is 5.80. The highest BCUT2D eigenvalue weighted by Gasteiger charge is 2.16. The van der Waals surface area contributed by atoms with Crippen molar-refractivity contribution in [2.45, 2.75) is 33.2 Å². The van der Waals surface area contributed by atoms with Crippen LogP contribution in [0.4, 0.5) is 5.13 Å². The van der Waals surface area contributed by atoms with Crippen LogP contribution in [0.2, 0.25) is 0 Å². The fraction of sp³-hybridized carbons (Fsp3) is 0.222. The first-order chi connectivity index (χ1) is 17.8. The number of ether oxygens (including phenoxy) is 1. The Labute approximate surface area is 220 Å². The lowest BCUT2D eigenvalue weighted by Gasteiger charge is -2.08. The van der Waals surface area contributed by atoms with E-state index in [1.807, 2.05) is 17.5 Å². The number of thiazole rings is 1. The standard InChI is InChI=1S/C27H24N4O4S2/c1-4-35-26(34)18-9-10-20-21(11-18)37-27(29-20)30-22(32)12-31-14-28-24-23(25(31)33)19(13-36-24)17-7-5-16(6-8-17)15(2)3/h5-11,13-15H,4,12H2,1-3H3,(H,29,30,32). The monoisotopic (exact) mass is 532 g/mol. The maximum Gasteiger partial charge on any atom is 0.338 e. The van der Waals surface area contributed by atoms with Crippen LogP contribution >= 0.6 is 22.7 Å². The van der Waals surface area contributed by atoms with Crippen LogP contribution in [0.3, 0.4) is 0 Å². The molecule has 0 aliphatic carbocycles. The molecule has 3 heterocycles. The summed E-state index contributed by atoms with van der Waals surface area (Å²) in [6, 6.07) is 13.2. The molecule has 0 aliphatic rings. The Morgan fingerprint density at radius 2 is 1.92 bits per heavy atom. The van der Waals surface area contributed by atoms with E-state index in [-0.39, 0.29) is 18.7 Å². The molecular formula is C27H24N4O4S2. The third kappa shape index (κ3) is 5.03. The van der Waals surface area contributed by atoms with Crippen molar-refractivity contribution in [3.05, 3.63) is 75.7 Å². The first-order valence-electron chi connectivity index (χ1n) is 11.8. The van der Waals surface area contributed by atoms with Crippen molar-refractivity contribution in [3.63, 3.8) is 0 Å². The highest BCUT2D eigenvalue weighted by molar-refractivity contribution is 7.22. The molecule has 0 unspecified atom stereocenters. The molecule has 1 amide bonds. The van der Waals surface area contributed by atoms with Gasteiger partial charge in [0.2, 0.25) is 5.91 Å². The lowest BCUT2D eigenvalue weighted by atomic mass is 9.99. The molecule has 5 aromatic rings. The number of rotatable bonds is 7. The molecule has 2 aromatic carbocycles. The lowest BCUT2D eigenvalue weighted by molar-refractivity contribution is -0.116. The van der Waals surface area contributed by atoms with E-state index in [2.05, 4.69) is 41.3 Å². The Kier molecular flexibility index (Phi) is 6.86. The molecule has 8 nitrogen and oxygen atoms in total. The Bertz CT molecular complexity index is 1680. The highest BCUT2D eigenvalue weighted by Crippen LogP contribution is 2.31. The van der Waals surface area contributed by atoms with Gasteiger partial charge in [0, 0.05) is 10.9 Å². The van der Waals surface area contributed by atoms with Gasteiger partial charge in [-0.15, -0.1) is 11.3 Å². The van der Waals surface area contributed by atoms with Crippen LogP contribution in [0.1, 0.15) is 42.6 Å². The number of benzene rings is 2. The summed E-state index contributed by atoms with van der Waals surface area (Å²) in [7, 11) is 0. The molecule has 5 rings (SSSR count). The predicted molar refractivity (Wildman–Crippen MR) is 148 cm³/mol. The first-order valence-corrected chi connectivity index (χ1v) is 13.5. The zero-order valence-corrected chi connectivity index (χ0v) is 22.1. The molecule has 0 atom stereocenters. The van der Waals surface area contributed by atoms with Gasteiger partial charge in [-0.25, -0.2) is 14.8 Å². The second-order valence-electron chi connectivity index (χ2n) is 8.75. The second-order valence-corrected chi connectivity index (χ2v) is 10.6. The fourth-order valence-electron chi connectivity index (χ4n) is 3.97. The van der Waals surface area contributed by atoms with Crippen molar-refractivity contribution in [1.29, 1.82) is 0 Å². The molecule has 188 valence electrons. The van der Waals surface area contributed by atoms with Gasteiger partial charge in [0.25, 0.3) is 5.56 Å². The molecule has 0 radical (unpaired) electrons. The van der Waals surface area contributed by atoms with E-state index in [1.54, 1.807) is 25.1 Å². The molecule has 0 spiro atoms. The number of hydrogen-bond acceptors (Lipinski definition) is 8. The minimum absolute atomic E-state index is 0.201. The summed E-state index contributed by atoms with van der Waals surface area (Å²) in [5.74, 6) is -0.388. The maximum atomic E-state index is 13.3. The van der Waals surface area contributed by atoms with E-state index >= 15 is 0 Å². The second kappa shape index (κ2) is 10.2. The van der Waals surface area contributed by atoms with Crippen LogP contribution in [0.15, 0.2) is 59.0 Å². The number of amides is 1. The Hall–Kier alpha value is -3.89. The van der Waals surface area contributed by atoms with Gasteiger partial charge >= 0.3 is 5.97 Å². The summed E-state index contributed by atoms with van der Waals surface area (Å²) < 4.78 is 7.09. The number of carbonyl (C=O) groups is 2. The van der Waals surface area contributed by atoms with Crippen LogP contribution in [0, 0.1) is 0 Å². The molecule has 0 fully saturated rings.